The van der Waals surface area contributed by atoms with E-state index in [2.05, 4.69) is 10.6 Å². The predicted molar refractivity (Wildman–Crippen MR) is 145 cm³/mol. The molecule has 1 fully saturated rings. The zero-order valence-electron chi connectivity index (χ0n) is 21.2. The van der Waals surface area contributed by atoms with Crippen LogP contribution in [0.25, 0.3) is 0 Å². The van der Waals surface area contributed by atoms with E-state index in [4.69, 9.17) is 4.74 Å². The first-order valence-corrected chi connectivity index (χ1v) is 14.4. The summed E-state index contributed by atoms with van der Waals surface area (Å²) in [6.07, 6.45) is 0.481. The molecule has 1 saturated heterocycles. The largest absolute Gasteiger partial charge is 0.378 e. The predicted octanol–water partition coefficient (Wildman–Crippen LogP) is 3.36. The Morgan fingerprint density at radius 2 is 1.39 bits per heavy atom. The summed E-state index contributed by atoms with van der Waals surface area (Å²) in [4.78, 5) is 28.5. The van der Waals surface area contributed by atoms with Crippen LogP contribution in [0.4, 0.5) is 4.79 Å². The molecule has 200 valence electrons. The molecule has 4 rings (SSSR count). The number of hydrogen-bond acceptors (Lipinski definition) is 5. The van der Waals surface area contributed by atoms with Gasteiger partial charge in [0, 0.05) is 19.5 Å². The fraction of sp³-hybridized carbons (Fsp3) is 0.310. The number of urea groups is 1. The third-order valence-corrected chi connectivity index (χ3v) is 8.25. The van der Waals surface area contributed by atoms with Crippen LogP contribution < -0.4 is 10.6 Å². The lowest BCUT2D eigenvalue weighted by atomic mass is 10.0. The Morgan fingerprint density at radius 3 is 2.03 bits per heavy atom. The number of nitrogens with zero attached hydrogens (tertiary/aromatic N) is 1. The van der Waals surface area contributed by atoms with Crippen LogP contribution in [0.1, 0.15) is 23.6 Å². The molecular weight excluding hydrogens is 502 g/mol. The van der Waals surface area contributed by atoms with Crippen molar-refractivity contribution < 1.29 is 22.7 Å². The quantitative estimate of drug-likeness (QED) is 0.414. The van der Waals surface area contributed by atoms with Crippen LogP contribution in [0, 0.1) is 0 Å². The Kier molecular flexibility index (Phi) is 9.51. The van der Waals surface area contributed by atoms with E-state index in [0.717, 1.165) is 11.1 Å². The number of amides is 3. The Bertz CT molecular complexity index is 1280. The maximum absolute atomic E-state index is 13.6. The van der Waals surface area contributed by atoms with Gasteiger partial charge in [-0.15, -0.1) is 0 Å². The van der Waals surface area contributed by atoms with Gasteiger partial charge in [-0.05, 0) is 29.7 Å². The molecule has 1 heterocycles. The van der Waals surface area contributed by atoms with Gasteiger partial charge in [-0.2, -0.15) is 0 Å². The van der Waals surface area contributed by atoms with Crippen molar-refractivity contribution in [2.45, 2.75) is 29.8 Å². The topological polar surface area (TPSA) is 105 Å². The molecule has 38 heavy (non-hydrogen) atoms. The summed E-state index contributed by atoms with van der Waals surface area (Å²) >= 11 is 0. The molecule has 2 N–H and O–H groups in total. The van der Waals surface area contributed by atoms with Crippen molar-refractivity contribution in [2.24, 2.45) is 0 Å². The van der Waals surface area contributed by atoms with Crippen LogP contribution in [0.15, 0.2) is 95.9 Å². The van der Waals surface area contributed by atoms with Crippen molar-refractivity contribution in [3.05, 3.63) is 102 Å². The number of carbonyl (C=O) groups is 2. The minimum atomic E-state index is -3.54. The number of rotatable bonds is 10. The molecule has 0 radical (unpaired) electrons. The highest BCUT2D eigenvalue weighted by Gasteiger charge is 2.28. The summed E-state index contributed by atoms with van der Waals surface area (Å²) in [7, 11) is -3.54. The third-order valence-electron chi connectivity index (χ3n) is 6.49. The van der Waals surface area contributed by atoms with Gasteiger partial charge in [0.25, 0.3) is 0 Å². The molecule has 1 aliphatic rings. The van der Waals surface area contributed by atoms with Crippen molar-refractivity contribution in [1.82, 2.24) is 15.5 Å². The Hall–Kier alpha value is -3.69. The van der Waals surface area contributed by atoms with Crippen LogP contribution in [0.5, 0.6) is 0 Å². The lowest BCUT2D eigenvalue weighted by Crippen LogP contribution is -2.54. The molecule has 0 saturated carbocycles. The molecule has 8 nitrogen and oxygen atoms in total. The SMILES string of the molecule is O=C(N[C@@H](CCS(=O)(=O)c1ccccc1)c1ccccc1)C(Cc1ccccc1)NC(=O)N1CCOCC1. The van der Waals surface area contributed by atoms with Gasteiger partial charge in [-0.25, -0.2) is 13.2 Å². The number of benzene rings is 3. The van der Waals surface area contributed by atoms with E-state index >= 15 is 0 Å². The summed E-state index contributed by atoms with van der Waals surface area (Å²) in [5, 5.41) is 5.92. The normalized spacial score (nSPS) is 15.3. The Morgan fingerprint density at radius 1 is 0.816 bits per heavy atom. The molecule has 1 aliphatic heterocycles. The molecule has 1 unspecified atom stereocenters. The number of carbonyl (C=O) groups excluding carboxylic acids is 2. The highest BCUT2D eigenvalue weighted by atomic mass is 32.2. The first kappa shape index (κ1) is 27.3. The van der Waals surface area contributed by atoms with E-state index < -0.39 is 21.9 Å². The van der Waals surface area contributed by atoms with E-state index in [9.17, 15) is 18.0 Å². The number of morpholine rings is 1. The molecule has 0 aliphatic carbocycles. The molecule has 0 bridgehead atoms. The Balaban J connectivity index is 1.52. The van der Waals surface area contributed by atoms with Crippen molar-refractivity contribution in [3.63, 3.8) is 0 Å². The van der Waals surface area contributed by atoms with E-state index in [1.165, 1.54) is 0 Å². The Labute approximate surface area is 223 Å². The standard InChI is InChI=1S/C29H33N3O5S/c33-28(27(22-23-10-4-1-5-11-23)31-29(34)32-17-19-37-20-18-32)30-26(24-12-6-2-7-13-24)16-21-38(35,36)25-14-8-3-9-15-25/h1-15,26-27H,16-22H2,(H,30,33)(H,31,34)/t26-,27?/m0/s1. The zero-order chi connectivity index (χ0) is 26.8. The fourth-order valence-corrected chi connectivity index (χ4v) is 5.72. The maximum Gasteiger partial charge on any atom is 0.318 e. The summed E-state index contributed by atoms with van der Waals surface area (Å²) in [5.74, 6) is -0.512. The lowest BCUT2D eigenvalue weighted by Gasteiger charge is -2.30. The summed E-state index contributed by atoms with van der Waals surface area (Å²) in [6.45, 7) is 1.81. The van der Waals surface area contributed by atoms with Crippen LogP contribution >= 0.6 is 0 Å². The highest BCUT2D eigenvalue weighted by Crippen LogP contribution is 2.21. The molecule has 0 spiro atoms. The van der Waals surface area contributed by atoms with Gasteiger partial charge in [-0.3, -0.25) is 4.79 Å². The minimum Gasteiger partial charge on any atom is -0.378 e. The molecule has 0 aromatic heterocycles. The molecule has 3 amide bonds. The van der Waals surface area contributed by atoms with Crippen molar-refractivity contribution in [1.29, 1.82) is 0 Å². The lowest BCUT2D eigenvalue weighted by molar-refractivity contribution is -0.123. The van der Waals surface area contributed by atoms with Crippen LogP contribution in [-0.4, -0.2) is 63.4 Å². The third kappa shape index (κ3) is 7.66. The van der Waals surface area contributed by atoms with E-state index in [1.54, 1.807) is 35.2 Å². The van der Waals surface area contributed by atoms with Gasteiger partial charge in [0.15, 0.2) is 9.84 Å². The van der Waals surface area contributed by atoms with Gasteiger partial charge >= 0.3 is 6.03 Å². The van der Waals surface area contributed by atoms with Crippen molar-refractivity contribution in [2.75, 3.05) is 32.1 Å². The smallest absolute Gasteiger partial charge is 0.318 e. The monoisotopic (exact) mass is 535 g/mol. The van der Waals surface area contributed by atoms with Gasteiger partial charge in [0.2, 0.25) is 5.91 Å². The first-order chi connectivity index (χ1) is 18.4. The summed E-state index contributed by atoms with van der Waals surface area (Å²) in [6, 6.07) is 25.3. The van der Waals surface area contributed by atoms with E-state index in [0.29, 0.717) is 32.7 Å². The van der Waals surface area contributed by atoms with Crippen LogP contribution in [0.2, 0.25) is 0 Å². The van der Waals surface area contributed by atoms with Crippen LogP contribution in [0.3, 0.4) is 0 Å². The van der Waals surface area contributed by atoms with Gasteiger partial charge < -0.3 is 20.3 Å². The second-order valence-corrected chi connectivity index (χ2v) is 11.3. The average Bonchev–Trinajstić information content (AvgIpc) is 2.96. The van der Waals surface area contributed by atoms with Gasteiger partial charge in [0.1, 0.15) is 6.04 Å². The molecule has 3 aromatic carbocycles. The van der Waals surface area contributed by atoms with Crippen molar-refractivity contribution in [3.8, 4) is 0 Å². The molecule has 3 aromatic rings. The number of nitrogens with one attached hydrogen (secondary N) is 2. The van der Waals surface area contributed by atoms with Gasteiger partial charge in [0.05, 0.1) is 29.9 Å². The molecule has 2 atom stereocenters. The minimum absolute atomic E-state index is 0.139. The average molecular weight is 536 g/mol. The highest BCUT2D eigenvalue weighted by molar-refractivity contribution is 7.91. The second kappa shape index (κ2) is 13.2. The number of sulfone groups is 1. The van der Waals surface area contributed by atoms with Crippen molar-refractivity contribution >= 4 is 21.8 Å². The number of ether oxygens (including phenoxy) is 1. The maximum atomic E-state index is 13.6. The van der Waals surface area contributed by atoms with Gasteiger partial charge in [-0.1, -0.05) is 78.9 Å². The van der Waals surface area contributed by atoms with E-state index in [1.807, 2.05) is 60.7 Å². The van der Waals surface area contributed by atoms with E-state index in [-0.39, 0.29) is 29.0 Å². The first-order valence-electron chi connectivity index (χ1n) is 12.7. The summed E-state index contributed by atoms with van der Waals surface area (Å²) in [5.41, 5.74) is 1.69. The zero-order valence-corrected chi connectivity index (χ0v) is 22.0. The summed E-state index contributed by atoms with van der Waals surface area (Å²) < 4.78 is 31.3. The molecular formula is C29H33N3O5S. The number of hydrogen-bond donors (Lipinski definition) is 2. The second-order valence-electron chi connectivity index (χ2n) is 9.18. The van der Waals surface area contributed by atoms with Crippen LogP contribution in [-0.2, 0) is 25.8 Å². The fourth-order valence-electron chi connectivity index (χ4n) is 4.36. The molecule has 9 heteroatoms.